The first-order valence-corrected chi connectivity index (χ1v) is 5.14. The second kappa shape index (κ2) is 4.88. The van der Waals surface area contributed by atoms with Gasteiger partial charge in [0.1, 0.15) is 11.6 Å². The second-order valence-electron chi connectivity index (χ2n) is 3.63. The van der Waals surface area contributed by atoms with Crippen molar-refractivity contribution in [3.63, 3.8) is 0 Å². The third-order valence-electron chi connectivity index (χ3n) is 2.24. The molecule has 0 fully saturated rings. The standard InChI is InChI=1S/C12H12FN3O/c1-8-4-12(16-15-7-8)17-10-3-2-9(6-14)11(13)5-10/h2-5,7H,6,14H2,1H3. The highest BCUT2D eigenvalue weighted by molar-refractivity contribution is 5.31. The molecule has 0 saturated carbocycles. The Bertz CT molecular complexity index is 531. The first-order valence-electron chi connectivity index (χ1n) is 5.14. The van der Waals surface area contributed by atoms with Crippen LogP contribution in [0, 0.1) is 12.7 Å². The van der Waals surface area contributed by atoms with Crippen LogP contribution in [-0.2, 0) is 6.54 Å². The highest BCUT2D eigenvalue weighted by Gasteiger charge is 2.04. The summed E-state index contributed by atoms with van der Waals surface area (Å²) < 4.78 is 18.8. The van der Waals surface area contributed by atoms with E-state index in [1.165, 1.54) is 6.07 Å². The maximum atomic E-state index is 13.4. The van der Waals surface area contributed by atoms with Gasteiger partial charge >= 0.3 is 0 Å². The van der Waals surface area contributed by atoms with Crippen molar-refractivity contribution in [2.75, 3.05) is 0 Å². The summed E-state index contributed by atoms with van der Waals surface area (Å²) in [5.41, 5.74) is 6.75. The second-order valence-corrected chi connectivity index (χ2v) is 3.63. The van der Waals surface area contributed by atoms with E-state index in [1.807, 2.05) is 6.92 Å². The van der Waals surface area contributed by atoms with Crippen LogP contribution in [0.5, 0.6) is 11.6 Å². The molecule has 0 saturated heterocycles. The van der Waals surface area contributed by atoms with Gasteiger partial charge in [-0.05, 0) is 18.6 Å². The first-order chi connectivity index (χ1) is 8.19. The summed E-state index contributed by atoms with van der Waals surface area (Å²) in [7, 11) is 0. The molecule has 0 radical (unpaired) electrons. The van der Waals surface area contributed by atoms with Gasteiger partial charge < -0.3 is 10.5 Å². The molecule has 1 aromatic heterocycles. The quantitative estimate of drug-likeness (QED) is 0.882. The molecule has 17 heavy (non-hydrogen) atoms. The Morgan fingerprint density at radius 3 is 2.82 bits per heavy atom. The third kappa shape index (κ3) is 2.76. The average molecular weight is 233 g/mol. The van der Waals surface area contributed by atoms with Gasteiger partial charge in [0.05, 0.1) is 6.20 Å². The van der Waals surface area contributed by atoms with Crippen molar-refractivity contribution in [3.05, 3.63) is 47.4 Å². The van der Waals surface area contributed by atoms with Crippen molar-refractivity contribution >= 4 is 0 Å². The van der Waals surface area contributed by atoms with Crippen molar-refractivity contribution in [3.8, 4) is 11.6 Å². The number of nitrogens with zero attached hydrogens (tertiary/aromatic N) is 2. The van der Waals surface area contributed by atoms with E-state index in [1.54, 1.807) is 24.4 Å². The number of hydrogen-bond donors (Lipinski definition) is 1. The molecule has 1 aromatic carbocycles. The number of halogens is 1. The molecule has 0 aliphatic rings. The third-order valence-corrected chi connectivity index (χ3v) is 2.24. The van der Waals surface area contributed by atoms with Crippen molar-refractivity contribution in [1.82, 2.24) is 10.2 Å². The number of benzene rings is 1. The number of aromatic nitrogens is 2. The van der Waals surface area contributed by atoms with Gasteiger partial charge in [-0.25, -0.2) is 4.39 Å². The SMILES string of the molecule is Cc1cnnc(Oc2ccc(CN)c(F)c2)c1. The number of aryl methyl sites for hydroxylation is 1. The molecule has 2 N–H and O–H groups in total. The van der Waals surface area contributed by atoms with Gasteiger partial charge in [0.25, 0.3) is 0 Å². The van der Waals surface area contributed by atoms with Gasteiger partial charge in [-0.1, -0.05) is 6.07 Å². The molecule has 0 bridgehead atoms. The lowest BCUT2D eigenvalue weighted by Crippen LogP contribution is -2.00. The summed E-state index contributed by atoms with van der Waals surface area (Å²) in [6, 6.07) is 6.25. The normalized spacial score (nSPS) is 10.3. The molecule has 2 aromatic rings. The fourth-order valence-electron chi connectivity index (χ4n) is 1.37. The lowest BCUT2D eigenvalue weighted by Gasteiger charge is -2.06. The van der Waals surface area contributed by atoms with E-state index in [2.05, 4.69) is 10.2 Å². The fourth-order valence-corrected chi connectivity index (χ4v) is 1.37. The Labute approximate surface area is 98.2 Å². The predicted octanol–water partition coefficient (Wildman–Crippen LogP) is 2.18. The lowest BCUT2D eigenvalue weighted by molar-refractivity contribution is 0.449. The zero-order chi connectivity index (χ0) is 12.3. The van der Waals surface area contributed by atoms with Crippen LogP contribution in [-0.4, -0.2) is 10.2 Å². The first kappa shape index (κ1) is 11.5. The summed E-state index contributed by atoms with van der Waals surface area (Å²) >= 11 is 0. The minimum absolute atomic E-state index is 0.163. The number of rotatable bonds is 3. The maximum absolute atomic E-state index is 13.4. The largest absolute Gasteiger partial charge is 0.437 e. The van der Waals surface area contributed by atoms with E-state index in [4.69, 9.17) is 10.5 Å². The average Bonchev–Trinajstić information content (AvgIpc) is 2.29. The minimum Gasteiger partial charge on any atom is -0.437 e. The minimum atomic E-state index is -0.384. The molecule has 0 atom stereocenters. The van der Waals surface area contributed by atoms with Crippen molar-refractivity contribution < 1.29 is 9.13 Å². The molecule has 0 aliphatic carbocycles. The van der Waals surface area contributed by atoms with Crippen LogP contribution < -0.4 is 10.5 Å². The molecule has 88 valence electrons. The molecule has 0 aliphatic heterocycles. The van der Waals surface area contributed by atoms with Crippen molar-refractivity contribution in [1.29, 1.82) is 0 Å². The van der Waals surface area contributed by atoms with Gasteiger partial charge in [0, 0.05) is 24.2 Å². The Balaban J connectivity index is 2.22. The van der Waals surface area contributed by atoms with Crippen LogP contribution in [0.2, 0.25) is 0 Å². The molecule has 0 unspecified atom stereocenters. The van der Waals surface area contributed by atoms with Gasteiger partial charge in [0.15, 0.2) is 0 Å². The molecule has 4 nitrogen and oxygen atoms in total. The van der Waals surface area contributed by atoms with Crippen LogP contribution in [0.25, 0.3) is 0 Å². The Morgan fingerprint density at radius 1 is 1.35 bits per heavy atom. The van der Waals surface area contributed by atoms with Crippen LogP contribution in [0.1, 0.15) is 11.1 Å². The van der Waals surface area contributed by atoms with Gasteiger partial charge in [-0.15, -0.1) is 5.10 Å². The number of ether oxygens (including phenoxy) is 1. The van der Waals surface area contributed by atoms with Crippen LogP contribution in [0.3, 0.4) is 0 Å². The smallest absolute Gasteiger partial charge is 0.239 e. The monoisotopic (exact) mass is 233 g/mol. The summed E-state index contributed by atoms with van der Waals surface area (Å²) in [4.78, 5) is 0. The van der Waals surface area contributed by atoms with E-state index < -0.39 is 0 Å². The van der Waals surface area contributed by atoms with Gasteiger partial charge in [-0.2, -0.15) is 5.10 Å². The fraction of sp³-hybridized carbons (Fsp3) is 0.167. The van der Waals surface area contributed by atoms with Crippen molar-refractivity contribution in [2.45, 2.75) is 13.5 Å². The van der Waals surface area contributed by atoms with E-state index in [-0.39, 0.29) is 12.4 Å². The van der Waals surface area contributed by atoms with Crippen LogP contribution in [0.15, 0.2) is 30.5 Å². The highest BCUT2D eigenvalue weighted by Crippen LogP contribution is 2.21. The van der Waals surface area contributed by atoms with Gasteiger partial charge in [-0.3, -0.25) is 0 Å². The Kier molecular flexibility index (Phi) is 3.30. The topological polar surface area (TPSA) is 61.0 Å². The summed E-state index contributed by atoms with van der Waals surface area (Å²) in [6.45, 7) is 2.04. The lowest BCUT2D eigenvalue weighted by atomic mass is 10.2. The zero-order valence-electron chi connectivity index (χ0n) is 9.35. The molecule has 0 spiro atoms. The van der Waals surface area contributed by atoms with Crippen molar-refractivity contribution in [2.24, 2.45) is 5.73 Å². The molecule has 5 heteroatoms. The molecule has 0 amide bonds. The molecular formula is C12H12FN3O. The van der Waals surface area contributed by atoms with Gasteiger partial charge in [0.2, 0.25) is 5.88 Å². The van der Waals surface area contributed by atoms with Crippen LogP contribution in [0.4, 0.5) is 4.39 Å². The van der Waals surface area contributed by atoms with E-state index in [0.717, 1.165) is 5.56 Å². The summed E-state index contributed by atoms with van der Waals surface area (Å²) in [6.07, 6.45) is 1.62. The maximum Gasteiger partial charge on any atom is 0.239 e. The van der Waals surface area contributed by atoms with E-state index >= 15 is 0 Å². The van der Waals surface area contributed by atoms with Crippen LogP contribution >= 0.6 is 0 Å². The van der Waals surface area contributed by atoms with E-state index in [0.29, 0.717) is 17.2 Å². The predicted molar refractivity (Wildman–Crippen MR) is 61.1 cm³/mol. The Hall–Kier alpha value is -2.01. The van der Waals surface area contributed by atoms with E-state index in [9.17, 15) is 4.39 Å². The molecule has 1 heterocycles. The number of hydrogen-bond acceptors (Lipinski definition) is 4. The Morgan fingerprint density at radius 2 is 2.18 bits per heavy atom. The summed E-state index contributed by atoms with van der Waals surface area (Å²) in [5.74, 6) is 0.329. The summed E-state index contributed by atoms with van der Waals surface area (Å²) in [5, 5.41) is 7.54. The zero-order valence-corrected chi connectivity index (χ0v) is 9.35. The highest BCUT2D eigenvalue weighted by atomic mass is 19.1. The molecular weight excluding hydrogens is 221 g/mol. The number of nitrogens with two attached hydrogens (primary N) is 1. The molecule has 2 rings (SSSR count).